The monoisotopic (exact) mass is 428 g/mol. The summed E-state index contributed by atoms with van der Waals surface area (Å²) in [6, 6.07) is 23.7. The van der Waals surface area contributed by atoms with Gasteiger partial charge in [0.1, 0.15) is 23.6 Å². The van der Waals surface area contributed by atoms with E-state index in [9.17, 15) is 9.59 Å². The lowest BCUT2D eigenvalue weighted by molar-refractivity contribution is -0.122. The number of para-hydroxylation sites is 2. The Morgan fingerprint density at radius 2 is 1.72 bits per heavy atom. The Morgan fingerprint density at radius 3 is 2.47 bits per heavy atom. The number of methoxy groups -OCH3 is 1. The quantitative estimate of drug-likeness (QED) is 0.632. The van der Waals surface area contributed by atoms with Gasteiger partial charge >= 0.3 is 0 Å². The Balaban J connectivity index is 1.50. The summed E-state index contributed by atoms with van der Waals surface area (Å²) in [5.41, 5.74) is 2.26. The number of benzene rings is 3. The fraction of sp³-hybridized carbons (Fsp3) is 0.231. The number of fused-ring (bicyclic) bond motifs is 3. The molecule has 1 saturated heterocycles. The minimum absolute atomic E-state index is 0.0941. The van der Waals surface area contributed by atoms with Gasteiger partial charge in [0.2, 0.25) is 5.91 Å². The van der Waals surface area contributed by atoms with E-state index < -0.39 is 6.04 Å². The van der Waals surface area contributed by atoms with E-state index in [1.807, 2.05) is 66.7 Å². The van der Waals surface area contributed by atoms with E-state index in [1.165, 1.54) is 0 Å². The van der Waals surface area contributed by atoms with Gasteiger partial charge in [-0.15, -0.1) is 0 Å². The second kappa shape index (κ2) is 8.38. The molecular formula is C26H24N2O4. The summed E-state index contributed by atoms with van der Waals surface area (Å²) in [4.78, 5) is 30.5. The molecule has 6 heteroatoms. The van der Waals surface area contributed by atoms with Gasteiger partial charge in [-0.2, -0.15) is 0 Å². The van der Waals surface area contributed by atoms with Gasteiger partial charge in [0, 0.05) is 12.0 Å². The molecule has 2 amide bonds. The van der Waals surface area contributed by atoms with Crippen LogP contribution >= 0.6 is 0 Å². The lowest BCUT2D eigenvalue weighted by Gasteiger charge is -2.32. The first-order chi connectivity index (χ1) is 15.6. The molecule has 162 valence electrons. The second-order valence-corrected chi connectivity index (χ2v) is 8.06. The molecular weight excluding hydrogens is 404 g/mol. The summed E-state index contributed by atoms with van der Waals surface area (Å²) < 4.78 is 11.5. The zero-order chi connectivity index (χ0) is 22.1. The number of likely N-dealkylation sites (tertiary alicyclic amines) is 1. The van der Waals surface area contributed by atoms with Crippen molar-refractivity contribution in [2.45, 2.75) is 25.1 Å². The third kappa shape index (κ3) is 3.68. The standard InChI is InChI=1S/C26H24N2O4/c1-31-20-13-11-18(12-14-20)16-27-22-9-5-6-10-24(22)32-21-15-23(26(27)30)28(17-21)25(29)19-7-3-2-4-8-19/h2-14,21,23H,15-17H2,1H3/t21-,23-/m0/s1. The van der Waals surface area contributed by atoms with Crippen LogP contribution in [0.25, 0.3) is 0 Å². The number of hydrogen-bond acceptors (Lipinski definition) is 4. The molecule has 2 aliphatic rings. The molecule has 3 aromatic rings. The van der Waals surface area contributed by atoms with Gasteiger partial charge in [-0.1, -0.05) is 42.5 Å². The average Bonchev–Trinajstić information content (AvgIpc) is 3.27. The molecule has 1 fully saturated rings. The van der Waals surface area contributed by atoms with Crippen molar-refractivity contribution in [2.75, 3.05) is 18.6 Å². The van der Waals surface area contributed by atoms with Crippen molar-refractivity contribution >= 4 is 17.5 Å². The molecule has 0 aliphatic carbocycles. The molecule has 32 heavy (non-hydrogen) atoms. The zero-order valence-electron chi connectivity index (χ0n) is 17.8. The fourth-order valence-corrected chi connectivity index (χ4v) is 4.42. The summed E-state index contributed by atoms with van der Waals surface area (Å²) in [7, 11) is 1.62. The third-order valence-electron chi connectivity index (χ3n) is 6.04. The molecule has 5 rings (SSSR count). The van der Waals surface area contributed by atoms with Crippen LogP contribution in [-0.4, -0.2) is 42.5 Å². The second-order valence-electron chi connectivity index (χ2n) is 8.06. The van der Waals surface area contributed by atoms with Crippen LogP contribution in [-0.2, 0) is 11.3 Å². The SMILES string of the molecule is COc1ccc(CN2C(=O)[C@@H]3C[C@@H](CN3C(=O)c3ccccc3)Oc3ccccc32)cc1. The van der Waals surface area contributed by atoms with Crippen LogP contribution in [0.4, 0.5) is 5.69 Å². The molecule has 0 N–H and O–H groups in total. The smallest absolute Gasteiger partial charge is 0.254 e. The Labute approximate surface area is 187 Å². The molecule has 2 bridgehead atoms. The number of anilines is 1. The van der Waals surface area contributed by atoms with Gasteiger partial charge in [0.15, 0.2) is 0 Å². The predicted molar refractivity (Wildman–Crippen MR) is 121 cm³/mol. The summed E-state index contributed by atoms with van der Waals surface area (Å²) >= 11 is 0. The number of carbonyl (C=O) groups excluding carboxylic acids is 2. The van der Waals surface area contributed by atoms with Gasteiger partial charge in [0.25, 0.3) is 5.91 Å². The van der Waals surface area contributed by atoms with E-state index in [1.54, 1.807) is 29.0 Å². The summed E-state index contributed by atoms with van der Waals surface area (Å²) in [5, 5.41) is 0. The lowest BCUT2D eigenvalue weighted by atomic mass is 10.1. The van der Waals surface area contributed by atoms with Crippen molar-refractivity contribution in [2.24, 2.45) is 0 Å². The molecule has 0 radical (unpaired) electrons. The highest BCUT2D eigenvalue weighted by molar-refractivity contribution is 6.03. The first kappa shape index (κ1) is 20.1. The summed E-state index contributed by atoms with van der Waals surface area (Å²) in [6.07, 6.45) is 0.256. The van der Waals surface area contributed by atoms with E-state index in [4.69, 9.17) is 9.47 Å². The molecule has 0 spiro atoms. The Hall–Kier alpha value is -3.80. The lowest BCUT2D eigenvalue weighted by Crippen LogP contribution is -2.47. The van der Waals surface area contributed by atoms with Crippen molar-refractivity contribution in [3.8, 4) is 11.5 Å². The number of nitrogens with zero attached hydrogens (tertiary/aromatic N) is 2. The number of rotatable bonds is 4. The van der Waals surface area contributed by atoms with Gasteiger partial charge in [-0.3, -0.25) is 9.59 Å². The minimum atomic E-state index is -0.570. The van der Waals surface area contributed by atoms with Crippen LogP contribution in [0.2, 0.25) is 0 Å². The van der Waals surface area contributed by atoms with Crippen molar-refractivity contribution in [1.29, 1.82) is 0 Å². The largest absolute Gasteiger partial charge is 0.497 e. The van der Waals surface area contributed by atoms with Gasteiger partial charge in [-0.05, 0) is 42.0 Å². The maximum absolute atomic E-state index is 13.8. The summed E-state index contributed by atoms with van der Waals surface area (Å²) in [6.45, 7) is 0.757. The average molecular weight is 428 g/mol. The normalized spacial score (nSPS) is 19.6. The van der Waals surface area contributed by atoms with E-state index in [-0.39, 0.29) is 17.9 Å². The molecule has 0 unspecified atom stereocenters. The van der Waals surface area contributed by atoms with Crippen LogP contribution in [0, 0.1) is 0 Å². The maximum atomic E-state index is 13.8. The Bertz CT molecular complexity index is 1130. The van der Waals surface area contributed by atoms with Crippen molar-refractivity contribution in [1.82, 2.24) is 4.90 Å². The highest BCUT2D eigenvalue weighted by atomic mass is 16.5. The summed E-state index contributed by atoms with van der Waals surface area (Å²) in [5.74, 6) is 1.18. The Kier molecular flexibility index (Phi) is 5.27. The van der Waals surface area contributed by atoms with Gasteiger partial charge in [-0.25, -0.2) is 0 Å². The topological polar surface area (TPSA) is 59.1 Å². The van der Waals surface area contributed by atoms with Crippen molar-refractivity contribution < 1.29 is 19.1 Å². The number of amides is 2. The van der Waals surface area contributed by atoms with Crippen LogP contribution in [0.5, 0.6) is 11.5 Å². The number of hydrogen-bond donors (Lipinski definition) is 0. The van der Waals surface area contributed by atoms with Crippen molar-refractivity contribution in [3.63, 3.8) is 0 Å². The Morgan fingerprint density at radius 1 is 1.00 bits per heavy atom. The van der Waals surface area contributed by atoms with E-state index in [2.05, 4.69) is 0 Å². The molecule has 2 aliphatic heterocycles. The molecule has 0 saturated carbocycles. The van der Waals surface area contributed by atoms with E-state index in [0.29, 0.717) is 30.8 Å². The van der Waals surface area contributed by atoms with E-state index in [0.717, 1.165) is 17.0 Å². The first-order valence-electron chi connectivity index (χ1n) is 10.7. The highest BCUT2D eigenvalue weighted by Crippen LogP contribution is 2.37. The van der Waals surface area contributed by atoms with Crippen LogP contribution in [0.1, 0.15) is 22.3 Å². The maximum Gasteiger partial charge on any atom is 0.254 e. The molecule has 2 atom stereocenters. The molecule has 0 aromatic heterocycles. The van der Waals surface area contributed by atoms with Crippen LogP contribution < -0.4 is 14.4 Å². The zero-order valence-corrected chi connectivity index (χ0v) is 17.8. The third-order valence-corrected chi connectivity index (χ3v) is 6.04. The number of carbonyl (C=O) groups is 2. The highest BCUT2D eigenvalue weighted by Gasteiger charge is 2.45. The van der Waals surface area contributed by atoms with Crippen molar-refractivity contribution in [3.05, 3.63) is 90.0 Å². The predicted octanol–water partition coefficient (Wildman–Crippen LogP) is 3.90. The first-order valence-corrected chi connectivity index (χ1v) is 10.7. The van der Waals surface area contributed by atoms with E-state index >= 15 is 0 Å². The van der Waals surface area contributed by atoms with Crippen LogP contribution in [0.15, 0.2) is 78.9 Å². The molecule has 6 nitrogen and oxygen atoms in total. The molecule has 3 aromatic carbocycles. The molecule has 2 heterocycles. The fourth-order valence-electron chi connectivity index (χ4n) is 4.42. The van der Waals surface area contributed by atoms with Gasteiger partial charge < -0.3 is 19.3 Å². The minimum Gasteiger partial charge on any atom is -0.497 e. The van der Waals surface area contributed by atoms with Crippen LogP contribution in [0.3, 0.4) is 0 Å². The van der Waals surface area contributed by atoms with Gasteiger partial charge in [0.05, 0.1) is 25.9 Å². The number of ether oxygens (including phenoxy) is 2.